The normalized spacial score (nSPS) is 11.9. The van der Waals surface area contributed by atoms with E-state index in [0.29, 0.717) is 0 Å². The van der Waals surface area contributed by atoms with Crippen LogP contribution in [0, 0.1) is 10.1 Å². The Balaban J connectivity index is 3.26. The molecule has 6 nitrogen and oxygen atoms in total. The minimum absolute atomic E-state index is 0.0167. The Hall–Kier alpha value is -1.82. The van der Waals surface area contributed by atoms with Crippen LogP contribution in [-0.4, -0.2) is 29.1 Å². The first-order chi connectivity index (χ1) is 7.86. The van der Waals surface area contributed by atoms with Crippen LogP contribution in [0.5, 0.6) is 0 Å². The van der Waals surface area contributed by atoms with E-state index in [1.807, 2.05) is 0 Å². The summed E-state index contributed by atoms with van der Waals surface area (Å²) in [5, 5.41) is 19.7. The molecule has 0 aliphatic heterocycles. The molecule has 0 bridgehead atoms. The zero-order chi connectivity index (χ0) is 13.2. The lowest BCUT2D eigenvalue weighted by molar-refractivity contribution is -0.384. The summed E-state index contributed by atoms with van der Waals surface area (Å²) in [6, 6.07) is 3.51. The summed E-state index contributed by atoms with van der Waals surface area (Å²) in [7, 11) is 1.47. The highest BCUT2D eigenvalue weighted by Gasteiger charge is 2.26. The zero-order valence-electron chi connectivity index (χ0n) is 9.25. The maximum atomic E-state index is 10.9. The van der Waals surface area contributed by atoms with Crippen LogP contribution >= 0.6 is 11.6 Å². The third-order valence-corrected chi connectivity index (χ3v) is 2.77. The molecule has 1 aromatic carbocycles. The van der Waals surface area contributed by atoms with E-state index in [9.17, 15) is 14.9 Å². The molecule has 0 saturated carbocycles. The molecular formula is C10H11ClN2O4. The second-order valence-corrected chi connectivity index (χ2v) is 3.90. The predicted molar refractivity (Wildman–Crippen MR) is 63.6 cm³/mol. The number of carboxylic acid groups (broad SMARTS) is 1. The molecule has 0 saturated heterocycles. The largest absolute Gasteiger partial charge is 0.480 e. The van der Waals surface area contributed by atoms with Crippen molar-refractivity contribution in [2.45, 2.75) is 13.0 Å². The molecular weight excluding hydrogens is 248 g/mol. The average molecular weight is 259 g/mol. The van der Waals surface area contributed by atoms with Crippen molar-refractivity contribution < 1.29 is 14.8 Å². The first-order valence-electron chi connectivity index (χ1n) is 4.74. The van der Waals surface area contributed by atoms with E-state index in [0.717, 1.165) is 0 Å². The van der Waals surface area contributed by atoms with Crippen LogP contribution in [0.3, 0.4) is 0 Å². The summed E-state index contributed by atoms with van der Waals surface area (Å²) >= 11 is 5.74. The van der Waals surface area contributed by atoms with Gasteiger partial charge in [-0.3, -0.25) is 10.1 Å². The number of para-hydroxylation sites is 1. The molecule has 1 N–H and O–H groups in total. The summed E-state index contributed by atoms with van der Waals surface area (Å²) in [5.41, 5.74) is -0.109. The number of hydrogen-bond donors (Lipinski definition) is 1. The number of halogens is 1. The van der Waals surface area contributed by atoms with Gasteiger partial charge in [0.25, 0.3) is 0 Å². The number of likely N-dealkylation sites (N-methyl/N-ethyl adjacent to an activating group) is 1. The quantitative estimate of drug-likeness (QED) is 0.661. The number of nitro groups is 1. The Morgan fingerprint density at radius 1 is 1.59 bits per heavy atom. The minimum Gasteiger partial charge on any atom is -0.480 e. The lowest BCUT2D eigenvalue weighted by Gasteiger charge is -2.23. The third kappa shape index (κ3) is 2.65. The van der Waals surface area contributed by atoms with Gasteiger partial charge in [0.1, 0.15) is 16.8 Å². The number of carbonyl (C=O) groups is 1. The monoisotopic (exact) mass is 258 g/mol. The van der Waals surface area contributed by atoms with Gasteiger partial charge in [-0.05, 0) is 19.1 Å². The molecule has 17 heavy (non-hydrogen) atoms. The van der Waals surface area contributed by atoms with Gasteiger partial charge in [-0.25, -0.2) is 4.79 Å². The summed E-state index contributed by atoms with van der Waals surface area (Å²) < 4.78 is 0. The van der Waals surface area contributed by atoms with Gasteiger partial charge in [0, 0.05) is 7.05 Å². The fourth-order valence-corrected chi connectivity index (χ4v) is 1.58. The lowest BCUT2D eigenvalue weighted by Crippen LogP contribution is -2.36. The van der Waals surface area contributed by atoms with Crippen LogP contribution in [0.4, 0.5) is 11.4 Å². The SMILES string of the molecule is CC(C(=O)O)N(C)c1cccc(Cl)c1[N+](=O)[O-]. The van der Waals surface area contributed by atoms with Crippen molar-refractivity contribution in [1.82, 2.24) is 0 Å². The van der Waals surface area contributed by atoms with Gasteiger partial charge in [0.2, 0.25) is 0 Å². The molecule has 0 aromatic heterocycles. The summed E-state index contributed by atoms with van der Waals surface area (Å²) in [5.74, 6) is -1.07. The highest BCUT2D eigenvalue weighted by molar-refractivity contribution is 6.33. The molecule has 1 unspecified atom stereocenters. The Kier molecular flexibility index (Phi) is 3.90. The summed E-state index contributed by atoms with van der Waals surface area (Å²) in [6.45, 7) is 1.44. The van der Waals surface area contributed by atoms with Crippen molar-refractivity contribution in [2.24, 2.45) is 0 Å². The molecule has 0 fully saturated rings. The maximum absolute atomic E-state index is 10.9. The van der Waals surface area contributed by atoms with Gasteiger partial charge in [-0.2, -0.15) is 0 Å². The van der Waals surface area contributed by atoms with E-state index in [4.69, 9.17) is 16.7 Å². The maximum Gasteiger partial charge on any atom is 0.326 e. The fraction of sp³-hybridized carbons (Fsp3) is 0.300. The number of nitrogens with zero attached hydrogens (tertiary/aromatic N) is 2. The van der Waals surface area contributed by atoms with Crippen molar-refractivity contribution in [1.29, 1.82) is 0 Å². The van der Waals surface area contributed by atoms with Gasteiger partial charge in [-0.1, -0.05) is 17.7 Å². The van der Waals surface area contributed by atoms with E-state index >= 15 is 0 Å². The molecule has 0 aliphatic carbocycles. The summed E-state index contributed by atoms with van der Waals surface area (Å²) in [6.07, 6.45) is 0. The van der Waals surface area contributed by atoms with E-state index in [1.54, 1.807) is 0 Å². The molecule has 1 aromatic rings. The minimum atomic E-state index is -1.07. The number of rotatable bonds is 4. The highest BCUT2D eigenvalue weighted by Crippen LogP contribution is 2.35. The average Bonchev–Trinajstić information content (AvgIpc) is 2.25. The number of carboxylic acids is 1. The molecule has 1 rings (SSSR count). The van der Waals surface area contributed by atoms with Gasteiger partial charge in [0.15, 0.2) is 0 Å². The Morgan fingerprint density at radius 3 is 2.65 bits per heavy atom. The van der Waals surface area contributed by atoms with Gasteiger partial charge in [-0.15, -0.1) is 0 Å². The standard InChI is InChI=1S/C10H11ClN2O4/c1-6(10(14)15)12(2)8-5-3-4-7(11)9(8)13(16)17/h3-6H,1-2H3,(H,14,15). The topological polar surface area (TPSA) is 83.7 Å². The Morgan fingerprint density at radius 2 is 2.18 bits per heavy atom. The molecule has 7 heteroatoms. The number of benzene rings is 1. The van der Waals surface area contributed by atoms with Crippen LogP contribution in [0.25, 0.3) is 0 Å². The fourth-order valence-electron chi connectivity index (χ4n) is 1.34. The highest BCUT2D eigenvalue weighted by atomic mass is 35.5. The van der Waals surface area contributed by atoms with Crippen molar-refractivity contribution in [3.63, 3.8) is 0 Å². The third-order valence-electron chi connectivity index (χ3n) is 2.47. The van der Waals surface area contributed by atoms with Crippen LogP contribution in [0.2, 0.25) is 5.02 Å². The van der Waals surface area contributed by atoms with Crippen molar-refractivity contribution in [3.05, 3.63) is 33.3 Å². The number of hydrogen-bond acceptors (Lipinski definition) is 4. The Bertz CT molecular complexity index is 464. The molecule has 0 aliphatic rings. The second kappa shape index (κ2) is 5.01. The lowest BCUT2D eigenvalue weighted by atomic mass is 10.2. The van der Waals surface area contributed by atoms with Crippen molar-refractivity contribution in [2.75, 3.05) is 11.9 Å². The summed E-state index contributed by atoms with van der Waals surface area (Å²) in [4.78, 5) is 22.4. The number of aliphatic carboxylic acids is 1. The Labute approximate surface area is 103 Å². The predicted octanol–water partition coefficient (Wildman–Crippen LogP) is 2.16. The van der Waals surface area contributed by atoms with E-state index in [-0.39, 0.29) is 16.4 Å². The van der Waals surface area contributed by atoms with Crippen LogP contribution < -0.4 is 4.90 Å². The van der Waals surface area contributed by atoms with Crippen molar-refractivity contribution >= 4 is 28.9 Å². The molecule has 0 amide bonds. The molecule has 92 valence electrons. The number of anilines is 1. The van der Waals surface area contributed by atoms with Gasteiger partial charge in [0.05, 0.1) is 4.92 Å². The van der Waals surface area contributed by atoms with Crippen LogP contribution in [-0.2, 0) is 4.79 Å². The molecule has 0 heterocycles. The van der Waals surface area contributed by atoms with E-state index in [2.05, 4.69) is 0 Å². The number of nitro benzene ring substituents is 1. The molecule has 1 atom stereocenters. The first-order valence-corrected chi connectivity index (χ1v) is 5.12. The van der Waals surface area contributed by atoms with E-state index in [1.165, 1.54) is 37.1 Å². The second-order valence-electron chi connectivity index (χ2n) is 3.49. The van der Waals surface area contributed by atoms with Crippen LogP contribution in [0.15, 0.2) is 18.2 Å². The first kappa shape index (κ1) is 13.2. The van der Waals surface area contributed by atoms with Gasteiger partial charge >= 0.3 is 11.7 Å². The zero-order valence-corrected chi connectivity index (χ0v) is 10.0. The smallest absolute Gasteiger partial charge is 0.326 e. The van der Waals surface area contributed by atoms with Gasteiger partial charge < -0.3 is 10.0 Å². The molecule has 0 spiro atoms. The van der Waals surface area contributed by atoms with Crippen LogP contribution in [0.1, 0.15) is 6.92 Å². The van der Waals surface area contributed by atoms with Crippen molar-refractivity contribution in [3.8, 4) is 0 Å². The molecule has 0 radical (unpaired) electrons. The van der Waals surface area contributed by atoms with E-state index < -0.39 is 16.9 Å².